The van der Waals surface area contributed by atoms with Crippen molar-refractivity contribution >= 4 is 11.6 Å². The van der Waals surface area contributed by atoms with Crippen molar-refractivity contribution in [2.45, 2.75) is 11.8 Å². The minimum Gasteiger partial charge on any atom is -0.369 e. The van der Waals surface area contributed by atoms with Gasteiger partial charge in [0, 0.05) is 7.05 Å². The Bertz CT molecular complexity index is 503. The number of nitrogens with zero attached hydrogens (tertiary/aromatic N) is 3. The summed E-state index contributed by atoms with van der Waals surface area (Å²) in [5.74, 6) is -0.804. The summed E-state index contributed by atoms with van der Waals surface area (Å²) in [5, 5.41) is 18.1. The SMILES string of the molecule is C=C(C#N)C(O)(c1ncc(Cl)n1C)C(F)(F)F. The molecule has 1 atom stereocenters. The Morgan fingerprint density at radius 2 is 2.18 bits per heavy atom. The van der Waals surface area contributed by atoms with Crippen molar-refractivity contribution < 1.29 is 18.3 Å². The average molecular weight is 266 g/mol. The van der Waals surface area contributed by atoms with Crippen LogP contribution in [0, 0.1) is 11.3 Å². The number of hydrogen-bond acceptors (Lipinski definition) is 3. The second-order valence-corrected chi connectivity index (χ2v) is 3.65. The van der Waals surface area contributed by atoms with E-state index in [1.165, 1.54) is 13.1 Å². The topological polar surface area (TPSA) is 61.8 Å². The fraction of sp³-hybridized carbons (Fsp3) is 0.333. The lowest BCUT2D eigenvalue weighted by Gasteiger charge is -2.28. The van der Waals surface area contributed by atoms with Gasteiger partial charge in [-0.3, -0.25) is 0 Å². The van der Waals surface area contributed by atoms with Gasteiger partial charge in [-0.15, -0.1) is 0 Å². The summed E-state index contributed by atoms with van der Waals surface area (Å²) in [6.45, 7) is 2.91. The van der Waals surface area contributed by atoms with Gasteiger partial charge in [0.2, 0.25) is 0 Å². The first-order valence-electron chi connectivity index (χ1n) is 4.22. The van der Waals surface area contributed by atoms with Gasteiger partial charge in [0.05, 0.1) is 17.8 Å². The largest absolute Gasteiger partial charge is 0.429 e. The van der Waals surface area contributed by atoms with E-state index in [-0.39, 0.29) is 5.15 Å². The monoisotopic (exact) mass is 265 g/mol. The van der Waals surface area contributed by atoms with Gasteiger partial charge >= 0.3 is 6.18 Å². The lowest BCUT2D eigenvalue weighted by atomic mass is 9.94. The second kappa shape index (κ2) is 4.05. The Kier molecular flexibility index (Phi) is 3.23. The Morgan fingerprint density at radius 1 is 1.65 bits per heavy atom. The van der Waals surface area contributed by atoms with Crippen molar-refractivity contribution in [2.75, 3.05) is 0 Å². The highest BCUT2D eigenvalue weighted by atomic mass is 35.5. The molecule has 0 bridgehead atoms. The molecule has 1 N–H and O–H groups in total. The minimum absolute atomic E-state index is 0.103. The number of aromatic nitrogens is 2. The zero-order valence-corrected chi connectivity index (χ0v) is 9.34. The van der Waals surface area contributed by atoms with E-state index in [4.69, 9.17) is 16.9 Å². The van der Waals surface area contributed by atoms with E-state index in [0.717, 1.165) is 10.8 Å². The van der Waals surface area contributed by atoms with E-state index in [0.29, 0.717) is 0 Å². The fourth-order valence-corrected chi connectivity index (χ4v) is 1.37. The first-order valence-corrected chi connectivity index (χ1v) is 4.60. The predicted molar refractivity (Wildman–Crippen MR) is 52.9 cm³/mol. The van der Waals surface area contributed by atoms with E-state index in [1.807, 2.05) is 0 Å². The van der Waals surface area contributed by atoms with Crippen LogP contribution in [0.2, 0.25) is 5.15 Å². The number of rotatable bonds is 2. The van der Waals surface area contributed by atoms with Crippen LogP contribution in [0.15, 0.2) is 18.3 Å². The van der Waals surface area contributed by atoms with Crippen molar-refractivity contribution in [3.8, 4) is 6.07 Å². The standard InChI is InChI=1S/C9H7ClF3N3O/c1-5(3-14)8(17,9(11,12)13)7-15-4-6(10)16(7)2/h4,17H,1H2,2H3. The zero-order valence-electron chi connectivity index (χ0n) is 8.59. The summed E-state index contributed by atoms with van der Waals surface area (Å²) in [6, 6.07) is 1.19. The molecular formula is C9H7ClF3N3O. The maximum atomic E-state index is 12.9. The van der Waals surface area contributed by atoms with Gasteiger partial charge in [-0.05, 0) is 0 Å². The van der Waals surface area contributed by atoms with E-state index in [9.17, 15) is 18.3 Å². The highest BCUT2D eigenvalue weighted by molar-refractivity contribution is 6.29. The highest BCUT2D eigenvalue weighted by Gasteiger charge is 2.60. The fourth-order valence-electron chi connectivity index (χ4n) is 1.24. The Hall–Kier alpha value is -1.52. The average Bonchev–Trinajstić information content (AvgIpc) is 2.56. The van der Waals surface area contributed by atoms with Crippen LogP contribution in [0.3, 0.4) is 0 Å². The predicted octanol–water partition coefficient (Wildman–Crippen LogP) is 1.90. The van der Waals surface area contributed by atoms with Crippen LogP contribution in [0.25, 0.3) is 0 Å². The second-order valence-electron chi connectivity index (χ2n) is 3.26. The van der Waals surface area contributed by atoms with Crippen LogP contribution in [0.5, 0.6) is 0 Å². The van der Waals surface area contributed by atoms with Gasteiger partial charge in [0.1, 0.15) is 5.15 Å². The molecule has 0 amide bonds. The van der Waals surface area contributed by atoms with E-state index < -0.39 is 23.2 Å². The number of nitriles is 1. The molecule has 17 heavy (non-hydrogen) atoms. The van der Waals surface area contributed by atoms with E-state index in [1.54, 1.807) is 0 Å². The van der Waals surface area contributed by atoms with E-state index in [2.05, 4.69) is 11.6 Å². The molecule has 0 saturated carbocycles. The van der Waals surface area contributed by atoms with Crippen LogP contribution in [0.4, 0.5) is 13.2 Å². The molecule has 0 aliphatic rings. The summed E-state index contributed by atoms with van der Waals surface area (Å²) in [5.41, 5.74) is -4.61. The van der Waals surface area contributed by atoms with Gasteiger partial charge in [-0.1, -0.05) is 18.2 Å². The molecule has 1 rings (SSSR count). The van der Waals surface area contributed by atoms with Crippen LogP contribution < -0.4 is 0 Å². The number of alkyl halides is 3. The van der Waals surface area contributed by atoms with Crippen LogP contribution in [-0.4, -0.2) is 20.8 Å². The Labute approximate surface area is 99.6 Å². The first-order chi connectivity index (χ1) is 7.66. The number of hydrogen-bond donors (Lipinski definition) is 1. The number of halogens is 4. The number of imidazole rings is 1. The first kappa shape index (κ1) is 13.5. The van der Waals surface area contributed by atoms with Gasteiger partial charge in [-0.25, -0.2) is 4.98 Å². The van der Waals surface area contributed by atoms with E-state index >= 15 is 0 Å². The lowest BCUT2D eigenvalue weighted by Crippen LogP contribution is -2.45. The molecule has 92 valence electrons. The Morgan fingerprint density at radius 3 is 2.47 bits per heavy atom. The van der Waals surface area contributed by atoms with Crippen molar-refractivity contribution in [3.63, 3.8) is 0 Å². The molecule has 1 unspecified atom stereocenters. The Balaban J connectivity index is 3.52. The minimum atomic E-state index is -5.12. The van der Waals surface area contributed by atoms with Gasteiger partial charge in [0.15, 0.2) is 5.82 Å². The molecule has 0 saturated heterocycles. The normalized spacial score (nSPS) is 15.1. The number of aliphatic hydroxyl groups is 1. The van der Waals surface area contributed by atoms with Crippen LogP contribution in [0.1, 0.15) is 5.82 Å². The molecule has 1 aromatic heterocycles. The molecule has 0 aliphatic heterocycles. The maximum absolute atomic E-state index is 12.9. The maximum Gasteiger partial charge on any atom is 0.429 e. The summed E-state index contributed by atoms with van der Waals surface area (Å²) in [4.78, 5) is 3.37. The van der Waals surface area contributed by atoms with Crippen molar-refractivity contribution in [1.29, 1.82) is 5.26 Å². The smallest absolute Gasteiger partial charge is 0.369 e. The van der Waals surface area contributed by atoms with Gasteiger partial charge in [0.25, 0.3) is 5.60 Å². The highest BCUT2D eigenvalue weighted by Crippen LogP contribution is 2.43. The third kappa shape index (κ3) is 1.90. The summed E-state index contributed by atoms with van der Waals surface area (Å²) >= 11 is 5.54. The third-order valence-corrected chi connectivity index (χ3v) is 2.59. The summed E-state index contributed by atoms with van der Waals surface area (Å²) < 4.78 is 39.4. The van der Waals surface area contributed by atoms with Crippen molar-refractivity contribution in [3.05, 3.63) is 29.3 Å². The van der Waals surface area contributed by atoms with Gasteiger partial charge in [-0.2, -0.15) is 18.4 Å². The summed E-state index contributed by atoms with van der Waals surface area (Å²) in [7, 11) is 1.19. The van der Waals surface area contributed by atoms with Crippen molar-refractivity contribution in [1.82, 2.24) is 9.55 Å². The molecule has 0 aromatic carbocycles. The molecule has 8 heteroatoms. The lowest BCUT2D eigenvalue weighted by molar-refractivity contribution is -0.251. The molecule has 0 aliphatic carbocycles. The molecule has 0 fully saturated rings. The molecule has 1 heterocycles. The molecule has 4 nitrogen and oxygen atoms in total. The molecule has 0 radical (unpaired) electrons. The molecule has 0 spiro atoms. The molecular weight excluding hydrogens is 259 g/mol. The summed E-state index contributed by atoms with van der Waals surface area (Å²) in [6.07, 6.45) is -4.18. The van der Waals surface area contributed by atoms with Crippen LogP contribution in [-0.2, 0) is 12.6 Å². The van der Waals surface area contributed by atoms with Crippen molar-refractivity contribution in [2.24, 2.45) is 7.05 Å². The molecule has 1 aromatic rings. The van der Waals surface area contributed by atoms with Gasteiger partial charge < -0.3 is 9.67 Å². The zero-order chi connectivity index (χ0) is 13.4. The van der Waals surface area contributed by atoms with Crippen LogP contribution >= 0.6 is 11.6 Å². The third-order valence-electron chi connectivity index (χ3n) is 2.24. The quantitative estimate of drug-likeness (QED) is 0.831.